The van der Waals surface area contributed by atoms with Crippen LogP contribution in [0.5, 0.6) is 0 Å². The van der Waals surface area contributed by atoms with E-state index >= 15 is 0 Å². The van der Waals surface area contributed by atoms with Gasteiger partial charge in [0.2, 0.25) is 0 Å². The average Bonchev–Trinajstić information content (AvgIpc) is 2.84. The summed E-state index contributed by atoms with van der Waals surface area (Å²) in [6, 6.07) is 1.35. The number of ether oxygens (including phenoxy) is 1. The Hall–Kier alpha value is -2.02. The molecule has 0 bridgehead atoms. The maximum Gasteiger partial charge on any atom is 0.315 e. The van der Waals surface area contributed by atoms with Gasteiger partial charge in [0.15, 0.2) is 0 Å². The third kappa shape index (κ3) is 5.35. The third-order valence-corrected chi connectivity index (χ3v) is 2.26. The zero-order valence-electron chi connectivity index (χ0n) is 10.0. The van der Waals surface area contributed by atoms with Crippen molar-refractivity contribution in [2.45, 2.75) is 19.1 Å². The lowest BCUT2D eigenvalue weighted by Gasteiger charge is -2.14. The summed E-state index contributed by atoms with van der Waals surface area (Å²) in [5.74, 6) is -0.970. The van der Waals surface area contributed by atoms with Crippen LogP contribution in [-0.4, -0.2) is 36.9 Å². The number of urea groups is 1. The molecule has 1 unspecified atom stereocenters. The predicted molar refractivity (Wildman–Crippen MR) is 62.0 cm³/mol. The minimum absolute atomic E-state index is 0.139. The van der Waals surface area contributed by atoms with E-state index in [0.717, 1.165) is 5.56 Å². The Balaban J connectivity index is 2.21. The van der Waals surface area contributed by atoms with Crippen LogP contribution in [0.15, 0.2) is 23.0 Å². The summed E-state index contributed by atoms with van der Waals surface area (Å²) >= 11 is 0. The van der Waals surface area contributed by atoms with Gasteiger partial charge in [-0.3, -0.25) is 4.79 Å². The van der Waals surface area contributed by atoms with Crippen molar-refractivity contribution in [1.29, 1.82) is 0 Å². The number of methoxy groups -OCH3 is 1. The summed E-state index contributed by atoms with van der Waals surface area (Å²) in [4.78, 5) is 21.9. The molecule has 1 aromatic heterocycles. The molecule has 1 rings (SSSR count). The van der Waals surface area contributed by atoms with E-state index in [0.29, 0.717) is 6.54 Å². The highest BCUT2D eigenvalue weighted by atomic mass is 16.5. The van der Waals surface area contributed by atoms with Crippen molar-refractivity contribution in [3.05, 3.63) is 24.2 Å². The molecule has 1 heterocycles. The van der Waals surface area contributed by atoms with Crippen molar-refractivity contribution >= 4 is 12.0 Å². The molecule has 1 aromatic rings. The average molecular weight is 256 g/mol. The van der Waals surface area contributed by atoms with Crippen LogP contribution in [0.4, 0.5) is 4.79 Å². The van der Waals surface area contributed by atoms with Gasteiger partial charge in [-0.2, -0.15) is 0 Å². The van der Waals surface area contributed by atoms with Crippen molar-refractivity contribution in [3.63, 3.8) is 0 Å². The second-order valence-electron chi connectivity index (χ2n) is 3.65. The second-order valence-corrected chi connectivity index (χ2v) is 3.65. The quantitative estimate of drug-likeness (QED) is 0.662. The molecule has 7 nitrogen and oxygen atoms in total. The Morgan fingerprint density at radius 2 is 2.28 bits per heavy atom. The summed E-state index contributed by atoms with van der Waals surface area (Å²) in [5.41, 5.74) is 0.846. The van der Waals surface area contributed by atoms with Crippen LogP contribution in [0.3, 0.4) is 0 Å². The van der Waals surface area contributed by atoms with Crippen LogP contribution in [0, 0.1) is 0 Å². The molecule has 0 aliphatic rings. The molecule has 0 aliphatic carbocycles. The van der Waals surface area contributed by atoms with Gasteiger partial charge in [-0.15, -0.1) is 0 Å². The molecule has 0 spiro atoms. The lowest BCUT2D eigenvalue weighted by Crippen LogP contribution is -2.40. The summed E-state index contributed by atoms with van der Waals surface area (Å²) in [7, 11) is 1.40. The van der Waals surface area contributed by atoms with Gasteiger partial charge in [0, 0.05) is 25.8 Å². The number of nitrogens with one attached hydrogen (secondary N) is 2. The number of furan rings is 1. The maximum absolute atomic E-state index is 11.4. The molecule has 0 saturated carbocycles. The minimum Gasteiger partial charge on any atom is -0.481 e. The molecule has 0 saturated heterocycles. The summed E-state index contributed by atoms with van der Waals surface area (Å²) in [6.45, 7) is 0.485. The van der Waals surface area contributed by atoms with E-state index in [9.17, 15) is 9.59 Å². The smallest absolute Gasteiger partial charge is 0.315 e. The number of amides is 2. The van der Waals surface area contributed by atoms with Gasteiger partial charge < -0.3 is 24.9 Å². The molecule has 7 heteroatoms. The molecule has 2 amide bonds. The zero-order valence-corrected chi connectivity index (χ0v) is 10.0. The number of carboxylic acids is 1. The Morgan fingerprint density at radius 3 is 2.83 bits per heavy atom. The number of aliphatic carboxylic acids is 1. The van der Waals surface area contributed by atoms with Crippen LogP contribution in [0.2, 0.25) is 0 Å². The van der Waals surface area contributed by atoms with Gasteiger partial charge in [-0.1, -0.05) is 0 Å². The minimum atomic E-state index is -0.970. The number of rotatable bonds is 7. The summed E-state index contributed by atoms with van der Waals surface area (Å²) in [5, 5.41) is 13.7. The van der Waals surface area contributed by atoms with E-state index in [1.165, 1.54) is 19.6 Å². The maximum atomic E-state index is 11.4. The normalized spacial score (nSPS) is 11.8. The fraction of sp³-hybridized carbons (Fsp3) is 0.455. The van der Waals surface area contributed by atoms with Crippen molar-refractivity contribution in [1.82, 2.24) is 10.6 Å². The van der Waals surface area contributed by atoms with Gasteiger partial charge in [0.25, 0.3) is 0 Å². The number of carboxylic acid groups (broad SMARTS) is 1. The van der Waals surface area contributed by atoms with Crippen LogP contribution >= 0.6 is 0 Å². The molecular weight excluding hydrogens is 240 g/mol. The monoisotopic (exact) mass is 256 g/mol. The van der Waals surface area contributed by atoms with E-state index in [2.05, 4.69) is 10.6 Å². The van der Waals surface area contributed by atoms with Gasteiger partial charge in [-0.05, 0) is 6.07 Å². The Bertz CT molecular complexity index is 377. The van der Waals surface area contributed by atoms with Gasteiger partial charge >= 0.3 is 12.0 Å². The van der Waals surface area contributed by atoms with Crippen LogP contribution in [-0.2, 0) is 16.1 Å². The molecular formula is C11H16N2O5. The first-order valence-corrected chi connectivity index (χ1v) is 5.39. The van der Waals surface area contributed by atoms with Crippen molar-refractivity contribution in [3.8, 4) is 0 Å². The molecule has 3 N–H and O–H groups in total. The van der Waals surface area contributed by atoms with E-state index in [4.69, 9.17) is 14.3 Å². The number of hydrogen-bond acceptors (Lipinski definition) is 4. The molecule has 0 radical (unpaired) electrons. The standard InChI is InChI=1S/C11H16N2O5/c1-17-9(4-10(14)15)6-13-11(16)12-5-8-2-3-18-7-8/h2-3,7,9H,4-6H2,1H3,(H,14,15)(H2,12,13,16). The number of hydrogen-bond donors (Lipinski definition) is 3. The first-order valence-electron chi connectivity index (χ1n) is 5.39. The lowest BCUT2D eigenvalue weighted by atomic mass is 10.2. The van der Waals surface area contributed by atoms with Crippen LogP contribution < -0.4 is 10.6 Å². The highest BCUT2D eigenvalue weighted by Crippen LogP contribution is 1.98. The molecule has 1 atom stereocenters. The number of carbonyl (C=O) groups excluding carboxylic acids is 1. The predicted octanol–water partition coefficient (Wildman–Crippen LogP) is 0.568. The molecule has 0 aliphatic heterocycles. The Morgan fingerprint density at radius 1 is 1.50 bits per heavy atom. The fourth-order valence-corrected chi connectivity index (χ4v) is 1.28. The van der Waals surface area contributed by atoms with Gasteiger partial charge in [-0.25, -0.2) is 4.79 Å². The first-order chi connectivity index (χ1) is 8.61. The molecule has 0 fully saturated rings. The fourth-order valence-electron chi connectivity index (χ4n) is 1.28. The van der Waals surface area contributed by atoms with Crippen molar-refractivity contribution in [2.75, 3.05) is 13.7 Å². The van der Waals surface area contributed by atoms with Gasteiger partial charge in [0.1, 0.15) is 0 Å². The van der Waals surface area contributed by atoms with E-state index in [-0.39, 0.29) is 19.0 Å². The zero-order chi connectivity index (χ0) is 13.4. The van der Waals surface area contributed by atoms with Crippen LogP contribution in [0.1, 0.15) is 12.0 Å². The van der Waals surface area contributed by atoms with E-state index < -0.39 is 12.1 Å². The van der Waals surface area contributed by atoms with E-state index in [1.807, 2.05) is 0 Å². The van der Waals surface area contributed by atoms with Gasteiger partial charge in [0.05, 0.1) is 25.1 Å². The molecule has 0 aromatic carbocycles. The second kappa shape index (κ2) is 7.33. The molecule has 100 valence electrons. The SMILES string of the molecule is COC(CNC(=O)NCc1ccoc1)CC(=O)O. The van der Waals surface area contributed by atoms with Crippen LogP contribution in [0.25, 0.3) is 0 Å². The summed E-state index contributed by atoms with van der Waals surface area (Å²) in [6.07, 6.45) is 2.35. The Labute approximate surface area is 104 Å². The highest BCUT2D eigenvalue weighted by molar-refractivity contribution is 5.74. The Kier molecular flexibility index (Phi) is 5.72. The topological polar surface area (TPSA) is 101 Å². The van der Waals surface area contributed by atoms with Crippen molar-refractivity contribution < 1.29 is 23.8 Å². The number of carbonyl (C=O) groups is 2. The van der Waals surface area contributed by atoms with Crippen molar-refractivity contribution in [2.24, 2.45) is 0 Å². The highest BCUT2D eigenvalue weighted by Gasteiger charge is 2.13. The summed E-state index contributed by atoms with van der Waals surface area (Å²) < 4.78 is 9.77. The first kappa shape index (κ1) is 14.0. The third-order valence-electron chi connectivity index (χ3n) is 2.26. The lowest BCUT2D eigenvalue weighted by molar-refractivity contribution is -0.139. The largest absolute Gasteiger partial charge is 0.481 e. The molecule has 18 heavy (non-hydrogen) atoms. The van der Waals surface area contributed by atoms with E-state index in [1.54, 1.807) is 6.07 Å².